The highest BCUT2D eigenvalue weighted by Crippen LogP contribution is 2.33. The minimum absolute atomic E-state index is 0.358. The summed E-state index contributed by atoms with van der Waals surface area (Å²) in [5.41, 5.74) is 6.64. The Kier molecular flexibility index (Phi) is 3.76. The van der Waals surface area contributed by atoms with Crippen LogP contribution in [0.4, 0.5) is 5.82 Å². The van der Waals surface area contributed by atoms with Crippen LogP contribution in [0.15, 0.2) is 10.8 Å². The number of hydrogen-bond acceptors (Lipinski definition) is 4. The van der Waals surface area contributed by atoms with E-state index in [1.165, 1.54) is 6.42 Å². The maximum absolute atomic E-state index is 5.63. The van der Waals surface area contributed by atoms with Gasteiger partial charge >= 0.3 is 0 Å². The summed E-state index contributed by atoms with van der Waals surface area (Å²) in [7, 11) is 1.78. The number of halogens is 1. The van der Waals surface area contributed by atoms with Gasteiger partial charge in [0.25, 0.3) is 0 Å². The fraction of sp³-hybridized carbons (Fsp3) is 0.636. The van der Waals surface area contributed by atoms with Gasteiger partial charge < -0.3 is 10.5 Å². The highest BCUT2D eigenvalue weighted by molar-refractivity contribution is 9.10. The number of aromatic nitrogens is 2. The Bertz CT molecular complexity index is 372. The maximum atomic E-state index is 5.63. The fourth-order valence-corrected chi connectivity index (χ4v) is 2.52. The molecule has 1 fully saturated rings. The molecule has 1 heterocycles. The smallest absolute Gasteiger partial charge is 0.156 e. The third kappa shape index (κ3) is 2.52. The molecule has 0 aromatic carbocycles. The molecular weight excluding hydrogens is 270 g/mol. The third-order valence-electron chi connectivity index (χ3n) is 3.15. The van der Waals surface area contributed by atoms with Crippen molar-refractivity contribution < 1.29 is 4.74 Å². The Morgan fingerprint density at radius 2 is 2.31 bits per heavy atom. The van der Waals surface area contributed by atoms with Crippen molar-refractivity contribution in [3.05, 3.63) is 16.5 Å². The van der Waals surface area contributed by atoms with E-state index in [0.29, 0.717) is 22.4 Å². The van der Waals surface area contributed by atoms with E-state index in [1.54, 1.807) is 13.3 Å². The van der Waals surface area contributed by atoms with Gasteiger partial charge in [-0.25, -0.2) is 9.97 Å². The number of rotatable bonds is 2. The van der Waals surface area contributed by atoms with Gasteiger partial charge in [0, 0.05) is 13.0 Å². The van der Waals surface area contributed by atoms with Crippen LogP contribution in [0.5, 0.6) is 0 Å². The molecule has 4 nitrogen and oxygen atoms in total. The van der Waals surface area contributed by atoms with Gasteiger partial charge in [-0.3, -0.25) is 0 Å². The van der Waals surface area contributed by atoms with Gasteiger partial charge in [-0.1, -0.05) is 6.42 Å². The summed E-state index contributed by atoms with van der Waals surface area (Å²) < 4.78 is 6.06. The number of nitrogen functional groups attached to an aromatic ring is 1. The number of nitrogens with two attached hydrogens (primary N) is 1. The molecule has 0 amide bonds. The number of methoxy groups -OCH3 is 1. The molecule has 1 saturated carbocycles. The highest BCUT2D eigenvalue weighted by atomic mass is 79.9. The summed E-state index contributed by atoms with van der Waals surface area (Å²) in [6.45, 7) is 0. The van der Waals surface area contributed by atoms with Crippen molar-refractivity contribution in [2.45, 2.75) is 37.7 Å². The molecule has 5 heteroatoms. The summed E-state index contributed by atoms with van der Waals surface area (Å²) in [5, 5.41) is 0. The average Bonchev–Trinajstić information content (AvgIpc) is 2.33. The first kappa shape index (κ1) is 11.8. The number of ether oxygens (including phenoxy) is 1. The number of anilines is 1. The lowest BCUT2D eigenvalue weighted by molar-refractivity contribution is 0.0629. The fourth-order valence-electron chi connectivity index (χ4n) is 2.21. The van der Waals surface area contributed by atoms with Crippen LogP contribution < -0.4 is 5.73 Å². The number of hydrogen-bond donors (Lipinski definition) is 1. The Morgan fingerprint density at radius 3 is 3.00 bits per heavy atom. The molecular formula is C11H16BrN3O. The monoisotopic (exact) mass is 285 g/mol. The van der Waals surface area contributed by atoms with Gasteiger partial charge in [-0.2, -0.15) is 0 Å². The lowest BCUT2D eigenvalue weighted by atomic mass is 9.85. The van der Waals surface area contributed by atoms with E-state index in [2.05, 4.69) is 25.9 Å². The number of nitrogens with zero attached hydrogens (tertiary/aromatic N) is 2. The molecule has 0 bridgehead atoms. The first-order chi connectivity index (χ1) is 7.70. The van der Waals surface area contributed by atoms with Crippen LogP contribution >= 0.6 is 15.9 Å². The van der Waals surface area contributed by atoms with Gasteiger partial charge in [0.05, 0.1) is 18.0 Å². The van der Waals surface area contributed by atoms with Gasteiger partial charge in [0.1, 0.15) is 4.60 Å². The van der Waals surface area contributed by atoms with Crippen molar-refractivity contribution >= 4 is 21.7 Å². The van der Waals surface area contributed by atoms with Crippen LogP contribution in [-0.4, -0.2) is 23.2 Å². The quantitative estimate of drug-likeness (QED) is 0.907. The van der Waals surface area contributed by atoms with Crippen LogP contribution in [0, 0.1) is 0 Å². The van der Waals surface area contributed by atoms with E-state index >= 15 is 0 Å². The summed E-state index contributed by atoms with van der Waals surface area (Å²) in [6.07, 6.45) is 6.66. The minimum atomic E-state index is 0.358. The predicted molar refractivity (Wildman–Crippen MR) is 66.2 cm³/mol. The van der Waals surface area contributed by atoms with E-state index in [9.17, 15) is 0 Å². The van der Waals surface area contributed by atoms with Gasteiger partial charge in [0.2, 0.25) is 0 Å². The normalized spacial score (nSPS) is 25.6. The van der Waals surface area contributed by atoms with E-state index in [0.717, 1.165) is 25.0 Å². The predicted octanol–water partition coefficient (Wildman–Crippen LogP) is 2.49. The molecule has 0 saturated heterocycles. The molecule has 1 aliphatic rings. The van der Waals surface area contributed by atoms with E-state index in [1.807, 2.05) is 0 Å². The van der Waals surface area contributed by atoms with Crippen LogP contribution in [0.2, 0.25) is 0 Å². The molecule has 0 unspecified atom stereocenters. The molecule has 0 radical (unpaired) electrons. The second-order valence-corrected chi connectivity index (χ2v) is 4.94. The van der Waals surface area contributed by atoms with Crippen LogP contribution in [0.3, 0.4) is 0 Å². The Morgan fingerprint density at radius 1 is 1.50 bits per heavy atom. The van der Waals surface area contributed by atoms with Crippen molar-refractivity contribution in [3.8, 4) is 0 Å². The third-order valence-corrected chi connectivity index (χ3v) is 3.74. The summed E-state index contributed by atoms with van der Waals surface area (Å²) in [4.78, 5) is 8.57. The van der Waals surface area contributed by atoms with Crippen LogP contribution in [-0.2, 0) is 4.74 Å². The molecule has 0 spiro atoms. The highest BCUT2D eigenvalue weighted by Gasteiger charge is 2.24. The van der Waals surface area contributed by atoms with Crippen LogP contribution in [0.1, 0.15) is 37.3 Å². The second-order valence-electron chi connectivity index (χ2n) is 4.19. The maximum Gasteiger partial charge on any atom is 0.156 e. The average molecular weight is 286 g/mol. The van der Waals surface area contributed by atoms with Crippen molar-refractivity contribution in [2.24, 2.45) is 0 Å². The lowest BCUT2D eigenvalue weighted by Gasteiger charge is -2.27. The first-order valence-electron chi connectivity index (χ1n) is 5.51. The van der Waals surface area contributed by atoms with Crippen molar-refractivity contribution in [2.75, 3.05) is 12.8 Å². The van der Waals surface area contributed by atoms with Crippen molar-refractivity contribution in [1.82, 2.24) is 9.97 Å². The second kappa shape index (κ2) is 5.10. The van der Waals surface area contributed by atoms with Gasteiger partial charge in [0.15, 0.2) is 5.82 Å². The first-order valence-corrected chi connectivity index (χ1v) is 6.30. The molecule has 2 rings (SSSR count). The molecule has 1 aromatic rings. The van der Waals surface area contributed by atoms with Crippen molar-refractivity contribution in [3.63, 3.8) is 0 Å². The summed E-state index contributed by atoms with van der Waals surface area (Å²) in [6, 6.07) is 0. The largest absolute Gasteiger partial charge is 0.381 e. The molecule has 0 aliphatic heterocycles. The Labute approximate surface area is 104 Å². The molecule has 88 valence electrons. The minimum Gasteiger partial charge on any atom is -0.381 e. The Balaban J connectivity index is 2.13. The zero-order valence-electron chi connectivity index (χ0n) is 9.32. The molecule has 16 heavy (non-hydrogen) atoms. The van der Waals surface area contributed by atoms with Crippen LogP contribution in [0.25, 0.3) is 0 Å². The van der Waals surface area contributed by atoms with Crippen molar-refractivity contribution in [1.29, 1.82) is 0 Å². The van der Waals surface area contributed by atoms with E-state index in [-0.39, 0.29) is 0 Å². The van der Waals surface area contributed by atoms with E-state index in [4.69, 9.17) is 10.5 Å². The SMILES string of the molecule is CO[C@H]1CCC[C@@H](c2cnc(N)c(Br)n2)C1. The zero-order valence-corrected chi connectivity index (χ0v) is 10.9. The Hall–Kier alpha value is -0.680. The molecule has 1 aromatic heterocycles. The molecule has 2 atom stereocenters. The molecule has 1 aliphatic carbocycles. The van der Waals surface area contributed by atoms with E-state index < -0.39 is 0 Å². The standard InChI is InChI=1S/C11H16BrN3O/c1-16-8-4-2-3-7(5-8)9-6-14-11(13)10(12)15-9/h6-8H,2-5H2,1H3,(H2,13,14)/t7-,8+/m1/s1. The topological polar surface area (TPSA) is 61.0 Å². The molecule has 2 N–H and O–H groups in total. The van der Waals surface area contributed by atoms with Gasteiger partial charge in [-0.15, -0.1) is 0 Å². The lowest BCUT2D eigenvalue weighted by Crippen LogP contribution is -2.21. The van der Waals surface area contributed by atoms with Gasteiger partial charge in [-0.05, 0) is 35.2 Å². The summed E-state index contributed by atoms with van der Waals surface area (Å²) in [5.74, 6) is 0.894. The zero-order chi connectivity index (χ0) is 11.5. The summed E-state index contributed by atoms with van der Waals surface area (Å²) >= 11 is 3.31.